The van der Waals surface area contributed by atoms with Crippen molar-refractivity contribution in [1.29, 1.82) is 0 Å². The average molecular weight is 652 g/mol. The lowest BCUT2D eigenvalue weighted by molar-refractivity contribution is -0.122. The van der Waals surface area contributed by atoms with E-state index in [1.165, 1.54) is 49.5 Å². The monoisotopic (exact) mass is 651 g/mol. The number of likely N-dealkylation sites (N-methyl/N-ethyl adjacent to an activating group) is 1. The van der Waals surface area contributed by atoms with Gasteiger partial charge in [-0.25, -0.2) is 9.37 Å². The number of halogens is 1. The number of carbonyl (C=O) groups is 3. The largest absolute Gasteiger partial charge is 0.483 e. The van der Waals surface area contributed by atoms with Crippen LogP contribution in [0.1, 0.15) is 73.6 Å². The quantitative estimate of drug-likeness (QED) is 0.199. The molecule has 1 aliphatic carbocycles. The van der Waals surface area contributed by atoms with E-state index in [1.54, 1.807) is 54.6 Å². The number of morpholine rings is 1. The molecule has 0 bridgehead atoms. The summed E-state index contributed by atoms with van der Waals surface area (Å²) in [6.45, 7) is 10.1. The van der Waals surface area contributed by atoms with Gasteiger partial charge in [-0.2, -0.15) is 0 Å². The highest BCUT2D eigenvalue weighted by atomic mass is 32.1. The number of hydrogen-bond donors (Lipinski definition) is 2. The summed E-state index contributed by atoms with van der Waals surface area (Å²) in [6.07, 6.45) is 8.99. The highest BCUT2D eigenvalue weighted by molar-refractivity contribution is 7.22. The molecular weight excluding hydrogens is 605 g/mol. The molecule has 4 aromatic rings. The normalized spacial score (nSPS) is 14.1. The maximum Gasteiger partial charge on any atom is 0.290 e. The summed E-state index contributed by atoms with van der Waals surface area (Å²) < 4.78 is 20.5. The van der Waals surface area contributed by atoms with Crippen molar-refractivity contribution in [3.05, 3.63) is 77.6 Å². The number of nitrogens with one attached hydrogen (secondary N) is 1. The van der Waals surface area contributed by atoms with Gasteiger partial charge in [0.25, 0.3) is 6.47 Å². The minimum absolute atomic E-state index is 0.250. The number of carbonyl (C=O) groups excluding carboxylic acids is 2. The van der Waals surface area contributed by atoms with Crippen molar-refractivity contribution in [2.24, 2.45) is 5.92 Å². The van der Waals surface area contributed by atoms with Gasteiger partial charge in [-0.15, -0.1) is 0 Å². The zero-order valence-corrected chi connectivity index (χ0v) is 28.0. The first-order valence-electron chi connectivity index (χ1n) is 15.7. The molecule has 3 aromatic carbocycles. The van der Waals surface area contributed by atoms with Crippen LogP contribution < -0.4 is 5.32 Å². The molecule has 8 nitrogen and oxygen atoms in total. The molecule has 2 fully saturated rings. The van der Waals surface area contributed by atoms with Crippen LogP contribution in [0.4, 0.5) is 15.2 Å². The Labute approximate surface area is 275 Å². The third-order valence-electron chi connectivity index (χ3n) is 7.43. The van der Waals surface area contributed by atoms with Crippen molar-refractivity contribution in [2.75, 3.05) is 38.7 Å². The Hall–Kier alpha value is -3.99. The van der Waals surface area contributed by atoms with Crippen LogP contribution in [0.2, 0.25) is 0 Å². The topological polar surface area (TPSA) is 109 Å². The number of aldehydes is 2. The van der Waals surface area contributed by atoms with Gasteiger partial charge in [0.05, 0.1) is 29.1 Å². The van der Waals surface area contributed by atoms with Crippen LogP contribution in [0.15, 0.2) is 60.7 Å². The van der Waals surface area contributed by atoms with Crippen molar-refractivity contribution < 1.29 is 28.6 Å². The lowest BCUT2D eigenvalue weighted by Gasteiger charge is -2.21. The second-order valence-corrected chi connectivity index (χ2v) is 11.5. The molecule has 0 radical (unpaired) electrons. The van der Waals surface area contributed by atoms with Crippen LogP contribution in [0, 0.1) is 11.7 Å². The lowest BCUT2D eigenvalue weighted by Crippen LogP contribution is -2.32. The number of aromatic nitrogens is 1. The van der Waals surface area contributed by atoms with Crippen LogP contribution in [0.5, 0.6) is 0 Å². The smallest absolute Gasteiger partial charge is 0.290 e. The predicted octanol–water partition coefficient (Wildman–Crippen LogP) is 8.73. The summed E-state index contributed by atoms with van der Waals surface area (Å²) in [5.41, 5.74) is 3.76. The van der Waals surface area contributed by atoms with Gasteiger partial charge in [-0.05, 0) is 54.4 Å². The molecule has 1 saturated carbocycles. The Morgan fingerprint density at radius 2 is 1.52 bits per heavy atom. The van der Waals surface area contributed by atoms with Crippen LogP contribution >= 0.6 is 11.3 Å². The van der Waals surface area contributed by atoms with Gasteiger partial charge in [0.15, 0.2) is 5.13 Å². The maximum atomic E-state index is 14.6. The summed E-state index contributed by atoms with van der Waals surface area (Å²) >= 11 is 1.35. The number of nitrogens with zero attached hydrogens (tertiary/aromatic N) is 2. The van der Waals surface area contributed by atoms with Gasteiger partial charge in [0.1, 0.15) is 18.4 Å². The van der Waals surface area contributed by atoms with E-state index in [0.717, 1.165) is 66.1 Å². The first-order valence-corrected chi connectivity index (χ1v) is 16.5. The molecule has 0 spiro atoms. The fourth-order valence-electron chi connectivity index (χ4n) is 4.81. The molecular formula is C36H46FN3O5S. The van der Waals surface area contributed by atoms with Crippen LogP contribution in [-0.4, -0.2) is 67.4 Å². The first kappa shape index (κ1) is 38.2. The Kier molecular flexibility index (Phi) is 18.0. The fourth-order valence-corrected chi connectivity index (χ4v) is 5.73. The molecule has 10 heteroatoms. The molecule has 248 valence electrons. The number of hydrogen-bond acceptors (Lipinski definition) is 8. The third-order valence-corrected chi connectivity index (χ3v) is 8.36. The zero-order valence-electron chi connectivity index (χ0n) is 27.2. The molecule has 2 heterocycles. The number of ether oxygens (including phenoxy) is 1. The highest BCUT2D eigenvalue weighted by Crippen LogP contribution is 2.31. The molecule has 0 atom stereocenters. The van der Waals surface area contributed by atoms with E-state index in [0.29, 0.717) is 21.9 Å². The van der Waals surface area contributed by atoms with Crippen molar-refractivity contribution in [2.45, 2.75) is 52.9 Å². The zero-order chi connectivity index (χ0) is 33.7. The molecule has 0 amide bonds. The minimum Gasteiger partial charge on any atom is -0.483 e. The summed E-state index contributed by atoms with van der Waals surface area (Å²) in [7, 11) is 2.11. The van der Waals surface area contributed by atoms with Gasteiger partial charge < -0.3 is 20.1 Å². The third kappa shape index (κ3) is 12.8. The number of carboxylic acid groups (broad SMARTS) is 1. The molecule has 1 saturated heterocycles. The van der Waals surface area contributed by atoms with E-state index in [1.807, 2.05) is 13.8 Å². The Balaban J connectivity index is 0.000000314. The predicted molar refractivity (Wildman–Crippen MR) is 186 cm³/mol. The Bertz CT molecular complexity index is 1470. The summed E-state index contributed by atoms with van der Waals surface area (Å²) in [5, 5.41) is 10.4. The van der Waals surface area contributed by atoms with Gasteiger partial charge in [-0.1, -0.05) is 94.5 Å². The van der Waals surface area contributed by atoms with E-state index in [9.17, 15) is 14.0 Å². The lowest BCUT2D eigenvalue weighted by atomic mass is 10.0. The summed E-state index contributed by atoms with van der Waals surface area (Å²) in [6, 6.07) is 17.1. The molecule has 1 aliphatic heterocycles. The summed E-state index contributed by atoms with van der Waals surface area (Å²) in [5.74, 6) is 0.694. The molecule has 1 aromatic heterocycles. The molecule has 2 N–H and O–H groups in total. The first-order chi connectivity index (χ1) is 22.4. The standard InChI is InChI=1S/C21H13FN2O2S.C7H14.C5H11NO.C2H6.CH2O2/c22-17-10-16(15-4-1-13(11-25)2-5-15)6-8-18(17)23-21-24-19-7-3-14(12-26)9-20(19)27-21;1-2-7-5-3-4-6-7;1-6-2-4-7-5-3-6;1-2;2-1-3/h1-12H,(H,23,24);7H,2-6H2,1H3;2-5H2,1H3;1-2H3;1H,(H,2,3). The van der Waals surface area contributed by atoms with E-state index < -0.39 is 5.82 Å². The van der Waals surface area contributed by atoms with Crippen molar-refractivity contribution >= 4 is 51.4 Å². The highest BCUT2D eigenvalue weighted by Gasteiger charge is 2.11. The number of thiazole rings is 1. The van der Waals surface area contributed by atoms with Crippen LogP contribution in [0.3, 0.4) is 0 Å². The van der Waals surface area contributed by atoms with E-state index >= 15 is 0 Å². The van der Waals surface area contributed by atoms with Crippen LogP contribution in [-0.2, 0) is 9.53 Å². The van der Waals surface area contributed by atoms with E-state index in [4.69, 9.17) is 14.6 Å². The number of fused-ring (bicyclic) bond motifs is 1. The van der Waals surface area contributed by atoms with Gasteiger partial charge in [0.2, 0.25) is 0 Å². The Morgan fingerprint density at radius 3 is 2.02 bits per heavy atom. The molecule has 0 unspecified atom stereocenters. The Morgan fingerprint density at radius 1 is 0.935 bits per heavy atom. The SMILES string of the molecule is CC.CCC1CCCC1.CN1CCOCC1.O=CO.O=Cc1ccc(-c2ccc(Nc3nc4ccc(C=O)cc4s3)c(F)c2)cc1. The number of benzene rings is 3. The van der Waals surface area contributed by atoms with Crippen molar-refractivity contribution in [3.63, 3.8) is 0 Å². The van der Waals surface area contributed by atoms with Crippen molar-refractivity contribution in [1.82, 2.24) is 9.88 Å². The summed E-state index contributed by atoms with van der Waals surface area (Å²) in [4.78, 5) is 36.7. The van der Waals surface area contributed by atoms with E-state index in [2.05, 4.69) is 29.2 Å². The van der Waals surface area contributed by atoms with Gasteiger partial charge in [0, 0.05) is 24.2 Å². The number of anilines is 2. The minimum atomic E-state index is -0.403. The second-order valence-electron chi connectivity index (χ2n) is 10.5. The maximum absolute atomic E-state index is 14.6. The average Bonchev–Trinajstić information content (AvgIpc) is 3.77. The molecule has 2 aliphatic rings. The number of rotatable bonds is 6. The van der Waals surface area contributed by atoms with Crippen LogP contribution in [0.25, 0.3) is 21.3 Å². The van der Waals surface area contributed by atoms with Gasteiger partial charge >= 0.3 is 0 Å². The van der Waals surface area contributed by atoms with E-state index in [-0.39, 0.29) is 6.47 Å². The fraction of sp³-hybridized carbons (Fsp3) is 0.389. The van der Waals surface area contributed by atoms with Gasteiger partial charge in [-0.3, -0.25) is 14.4 Å². The molecule has 46 heavy (non-hydrogen) atoms. The second kappa shape index (κ2) is 21.7. The molecule has 6 rings (SSSR count). The van der Waals surface area contributed by atoms with Crippen molar-refractivity contribution in [3.8, 4) is 11.1 Å².